The Morgan fingerprint density at radius 3 is 2.71 bits per heavy atom. The highest BCUT2D eigenvalue weighted by atomic mass is 32.1. The Hall–Kier alpha value is -1.92. The molecule has 130 valence electrons. The lowest BCUT2D eigenvalue weighted by Gasteiger charge is -2.19. The molecule has 0 saturated carbocycles. The van der Waals surface area contributed by atoms with Gasteiger partial charge in [0.1, 0.15) is 12.4 Å². The first-order valence-electron chi connectivity index (χ1n) is 8.27. The number of ether oxygens (including phenoxy) is 1. The topological polar surface area (TPSA) is 54.5 Å². The van der Waals surface area contributed by atoms with E-state index in [2.05, 4.69) is 29.0 Å². The van der Waals surface area contributed by atoms with Crippen LogP contribution >= 0.6 is 11.3 Å². The molecule has 0 atom stereocenters. The van der Waals surface area contributed by atoms with Crippen molar-refractivity contribution in [1.29, 1.82) is 0 Å². The Morgan fingerprint density at radius 2 is 2.04 bits per heavy atom. The molecule has 0 aliphatic carbocycles. The number of aromatic nitrogens is 1. The summed E-state index contributed by atoms with van der Waals surface area (Å²) in [6.07, 6.45) is 0.276. The largest absolute Gasteiger partial charge is 0.490 e. The molecule has 6 heteroatoms. The number of rotatable bonds is 9. The molecule has 0 bridgehead atoms. The maximum absolute atomic E-state index is 12.2. The molecule has 1 N–H and O–H groups in total. The predicted molar refractivity (Wildman–Crippen MR) is 98.9 cm³/mol. The van der Waals surface area contributed by atoms with Crippen LogP contribution in [0.25, 0.3) is 0 Å². The monoisotopic (exact) mass is 347 g/mol. The third-order valence-corrected chi connectivity index (χ3v) is 4.55. The van der Waals surface area contributed by atoms with Crippen molar-refractivity contribution < 1.29 is 9.53 Å². The van der Waals surface area contributed by atoms with Gasteiger partial charge in [0.25, 0.3) is 0 Å². The van der Waals surface area contributed by atoms with Gasteiger partial charge in [-0.05, 0) is 32.1 Å². The van der Waals surface area contributed by atoms with Gasteiger partial charge in [-0.1, -0.05) is 26.0 Å². The summed E-state index contributed by atoms with van der Waals surface area (Å²) in [4.78, 5) is 18.8. The number of carbonyl (C=O) groups is 1. The summed E-state index contributed by atoms with van der Waals surface area (Å²) in [5.74, 6) is 0.618. The number of nitrogens with zero attached hydrogens (tertiary/aromatic N) is 2. The lowest BCUT2D eigenvalue weighted by atomic mass is 10.2. The van der Waals surface area contributed by atoms with Crippen molar-refractivity contribution in [1.82, 2.24) is 9.88 Å². The smallest absolute Gasteiger partial charge is 0.230 e. The molecule has 1 amide bonds. The van der Waals surface area contributed by atoms with Gasteiger partial charge in [0.05, 0.1) is 22.8 Å². The highest BCUT2D eigenvalue weighted by molar-refractivity contribution is 7.09. The number of carbonyl (C=O) groups excluding carboxylic acids is 1. The van der Waals surface area contributed by atoms with Crippen LogP contribution in [0.15, 0.2) is 29.6 Å². The molecule has 1 heterocycles. The van der Waals surface area contributed by atoms with Crippen LogP contribution in [0.3, 0.4) is 0 Å². The zero-order valence-electron chi connectivity index (χ0n) is 14.5. The second-order valence-corrected chi connectivity index (χ2v) is 6.52. The minimum absolute atomic E-state index is 0.0832. The van der Waals surface area contributed by atoms with Crippen molar-refractivity contribution in [3.63, 3.8) is 0 Å². The van der Waals surface area contributed by atoms with Crippen molar-refractivity contribution >= 4 is 22.9 Å². The Labute approximate surface area is 147 Å². The summed E-state index contributed by atoms with van der Waals surface area (Å²) in [5, 5.41) is 5.81. The second kappa shape index (κ2) is 9.39. The van der Waals surface area contributed by atoms with Crippen LogP contribution in [0.4, 0.5) is 5.69 Å². The summed E-state index contributed by atoms with van der Waals surface area (Å²) in [7, 11) is 0. The quantitative estimate of drug-likeness (QED) is 0.756. The van der Waals surface area contributed by atoms with Crippen molar-refractivity contribution in [2.24, 2.45) is 0 Å². The summed E-state index contributed by atoms with van der Waals surface area (Å²) in [5.41, 5.74) is 1.50. The number of anilines is 1. The third kappa shape index (κ3) is 5.62. The first-order chi connectivity index (χ1) is 11.6. The molecule has 1 aromatic heterocycles. The van der Waals surface area contributed by atoms with E-state index in [1.54, 1.807) is 11.3 Å². The number of benzene rings is 1. The molecule has 2 aromatic rings. The van der Waals surface area contributed by atoms with Gasteiger partial charge in [0.15, 0.2) is 0 Å². The number of hydrogen-bond acceptors (Lipinski definition) is 5. The van der Waals surface area contributed by atoms with Gasteiger partial charge in [-0.25, -0.2) is 4.98 Å². The maximum atomic E-state index is 12.2. The molecule has 0 radical (unpaired) electrons. The van der Waals surface area contributed by atoms with Crippen LogP contribution < -0.4 is 10.1 Å². The van der Waals surface area contributed by atoms with Crippen LogP contribution in [0, 0.1) is 6.92 Å². The number of amides is 1. The standard InChI is InChI=1S/C18H25N3O2S/c1-4-21(5-2)10-11-23-17-9-7-6-8-16(17)20-18(22)12-15-13-24-14(3)19-15/h6-9,13H,4-5,10-12H2,1-3H3,(H,20,22). The molecule has 24 heavy (non-hydrogen) atoms. The van der Waals surface area contributed by atoms with Crippen molar-refractivity contribution in [3.8, 4) is 5.75 Å². The number of likely N-dealkylation sites (N-methyl/N-ethyl adjacent to an activating group) is 1. The van der Waals surface area contributed by atoms with Crippen LogP contribution in [-0.2, 0) is 11.2 Å². The molecule has 0 fully saturated rings. The van der Waals surface area contributed by atoms with E-state index in [4.69, 9.17) is 4.74 Å². The molecule has 0 aliphatic heterocycles. The predicted octanol–water partition coefficient (Wildman–Crippen LogP) is 3.35. The van der Waals surface area contributed by atoms with Crippen molar-refractivity contribution in [2.75, 3.05) is 31.6 Å². The fraction of sp³-hybridized carbons (Fsp3) is 0.444. The molecule has 1 aromatic carbocycles. The highest BCUT2D eigenvalue weighted by Gasteiger charge is 2.10. The Balaban J connectivity index is 1.91. The van der Waals surface area contributed by atoms with Gasteiger partial charge in [-0.3, -0.25) is 4.79 Å². The van der Waals surface area contributed by atoms with Crippen molar-refractivity contribution in [3.05, 3.63) is 40.3 Å². The summed E-state index contributed by atoms with van der Waals surface area (Å²) in [6, 6.07) is 7.54. The van der Waals surface area contributed by atoms with Crippen LogP contribution in [-0.4, -0.2) is 42.0 Å². The van der Waals surface area contributed by atoms with E-state index in [-0.39, 0.29) is 12.3 Å². The van der Waals surface area contributed by atoms with E-state index < -0.39 is 0 Å². The number of hydrogen-bond donors (Lipinski definition) is 1. The molecule has 0 spiro atoms. The van der Waals surface area contributed by atoms with Crippen molar-refractivity contribution in [2.45, 2.75) is 27.2 Å². The van der Waals surface area contributed by atoms with Gasteiger partial charge in [0, 0.05) is 11.9 Å². The van der Waals surface area contributed by atoms with E-state index in [1.807, 2.05) is 36.6 Å². The average molecular weight is 347 g/mol. The van der Waals surface area contributed by atoms with Gasteiger partial charge >= 0.3 is 0 Å². The fourth-order valence-corrected chi connectivity index (χ4v) is 2.98. The van der Waals surface area contributed by atoms with E-state index in [0.29, 0.717) is 18.0 Å². The van der Waals surface area contributed by atoms with Crippen LogP contribution in [0.1, 0.15) is 24.5 Å². The van der Waals surface area contributed by atoms with E-state index in [9.17, 15) is 4.79 Å². The summed E-state index contributed by atoms with van der Waals surface area (Å²) in [6.45, 7) is 9.69. The first kappa shape index (κ1) is 18.4. The lowest BCUT2D eigenvalue weighted by Crippen LogP contribution is -2.28. The minimum atomic E-state index is -0.0832. The van der Waals surface area contributed by atoms with E-state index in [1.165, 1.54) is 0 Å². The maximum Gasteiger partial charge on any atom is 0.230 e. The molecular formula is C18H25N3O2S. The number of para-hydroxylation sites is 2. The third-order valence-electron chi connectivity index (χ3n) is 3.73. The molecule has 2 rings (SSSR count). The number of nitrogens with one attached hydrogen (secondary N) is 1. The van der Waals surface area contributed by atoms with E-state index in [0.717, 1.165) is 30.3 Å². The van der Waals surface area contributed by atoms with E-state index >= 15 is 0 Å². The first-order valence-corrected chi connectivity index (χ1v) is 9.15. The molecule has 0 unspecified atom stereocenters. The Kier molecular flexibility index (Phi) is 7.21. The average Bonchev–Trinajstić information content (AvgIpc) is 2.98. The number of aryl methyl sites for hydroxylation is 1. The van der Waals surface area contributed by atoms with Crippen LogP contribution in [0.5, 0.6) is 5.75 Å². The molecule has 5 nitrogen and oxygen atoms in total. The van der Waals surface area contributed by atoms with Gasteiger partial charge in [-0.15, -0.1) is 11.3 Å². The minimum Gasteiger partial charge on any atom is -0.490 e. The highest BCUT2D eigenvalue weighted by Crippen LogP contribution is 2.24. The lowest BCUT2D eigenvalue weighted by molar-refractivity contribution is -0.115. The normalized spacial score (nSPS) is 10.8. The van der Waals surface area contributed by atoms with Gasteiger partial charge < -0.3 is 15.0 Å². The Morgan fingerprint density at radius 1 is 1.29 bits per heavy atom. The fourth-order valence-electron chi connectivity index (χ4n) is 2.37. The molecular weight excluding hydrogens is 322 g/mol. The van der Waals surface area contributed by atoms with Crippen LogP contribution in [0.2, 0.25) is 0 Å². The Bertz CT molecular complexity index is 653. The number of thiazole rings is 1. The second-order valence-electron chi connectivity index (χ2n) is 5.45. The van der Waals surface area contributed by atoms with Gasteiger partial charge in [0.2, 0.25) is 5.91 Å². The molecule has 0 saturated heterocycles. The SMILES string of the molecule is CCN(CC)CCOc1ccccc1NC(=O)Cc1csc(C)n1. The summed E-state index contributed by atoms with van der Waals surface area (Å²) < 4.78 is 5.86. The zero-order valence-corrected chi connectivity index (χ0v) is 15.4. The summed E-state index contributed by atoms with van der Waals surface area (Å²) >= 11 is 1.55. The zero-order chi connectivity index (χ0) is 17.4. The van der Waals surface area contributed by atoms with Gasteiger partial charge in [-0.2, -0.15) is 0 Å². The molecule has 0 aliphatic rings.